The first-order chi connectivity index (χ1) is 24.7. The molecule has 6 nitrogen and oxygen atoms in total. The molecule has 0 amide bonds. The molecule has 6 aromatic rings. The van der Waals surface area contributed by atoms with Crippen molar-refractivity contribution in [2.45, 2.75) is 13.8 Å². The standard InChI is InChI=1S/2C18H15P.2C2H4O2.2CHO.Ru/c2*1-4-10-16(11-5-1)19(17-12-6-2-7-13-17)18-14-8-3-9-15-18;2*1-2(3)4;2*1-2;/h2*1-15H;2*1H3,(H,3,4);2*1H;. The summed E-state index contributed by atoms with van der Waals surface area (Å²) in [5.74, 6) is -1.82. The van der Waals surface area contributed by atoms with Crippen molar-refractivity contribution in [3.05, 3.63) is 182 Å². The summed E-state index contributed by atoms with van der Waals surface area (Å²) in [5.41, 5.74) is -9.40. The monoisotopic (exact) mass is 804 g/mol. The molecule has 0 aliphatic rings. The fourth-order valence-corrected chi connectivity index (χ4v) is 78.7. The molecule has 0 aliphatic heterocycles. The molecule has 0 aromatic heterocycles. The maximum absolute atomic E-state index is 15.9. The fourth-order valence-electron chi connectivity index (χ4n) is 7.78. The van der Waals surface area contributed by atoms with E-state index in [2.05, 4.69) is 0 Å². The van der Waals surface area contributed by atoms with Crippen molar-refractivity contribution in [1.29, 1.82) is 0 Å². The van der Waals surface area contributed by atoms with Gasteiger partial charge in [0.15, 0.2) is 0 Å². The molecule has 0 unspecified atom stereocenters. The topological polar surface area (TPSA) is 86.7 Å². The first-order valence-electron chi connectivity index (χ1n) is 16.3. The molecule has 0 radical (unpaired) electrons. The van der Waals surface area contributed by atoms with Crippen LogP contribution in [0.4, 0.5) is 0 Å². The molecule has 0 bridgehead atoms. The zero-order chi connectivity index (χ0) is 36.1. The summed E-state index contributed by atoms with van der Waals surface area (Å²) in [6.45, 7) is 2.38. The third kappa shape index (κ3) is 4.72. The molecule has 0 fully saturated rings. The van der Waals surface area contributed by atoms with E-state index in [0.29, 0.717) is 41.6 Å². The van der Waals surface area contributed by atoms with Crippen molar-refractivity contribution in [3.63, 3.8) is 0 Å². The minimum absolute atomic E-state index is 0.566. The molecule has 0 heterocycles. The van der Waals surface area contributed by atoms with Crippen LogP contribution in [0.15, 0.2) is 182 Å². The predicted molar refractivity (Wildman–Crippen MR) is 210 cm³/mol. The van der Waals surface area contributed by atoms with E-state index in [9.17, 15) is 9.59 Å². The molecular weight excluding hydrogens is 763 g/mol. The maximum atomic E-state index is 15.9. The van der Waals surface area contributed by atoms with E-state index < -0.39 is 35.3 Å². The number of hydrogen-bond acceptors (Lipinski definition) is 6. The average molecular weight is 804 g/mol. The second-order valence-electron chi connectivity index (χ2n) is 12.1. The summed E-state index contributed by atoms with van der Waals surface area (Å²) in [6, 6.07) is 55.5. The Morgan fingerprint density at radius 3 is 0.706 bits per heavy atom. The van der Waals surface area contributed by atoms with Gasteiger partial charge in [-0.05, 0) is 0 Å². The molecule has 262 valence electrons. The predicted octanol–water partition coefficient (Wildman–Crippen LogP) is 5.83. The summed E-state index contributed by atoms with van der Waals surface area (Å²) in [5, 5.41) is 3.43. The van der Waals surface area contributed by atoms with Crippen LogP contribution in [-0.2, 0) is 38.5 Å². The van der Waals surface area contributed by atoms with Gasteiger partial charge in [0.05, 0.1) is 0 Å². The van der Waals surface area contributed by atoms with E-state index >= 15 is 9.59 Å². The van der Waals surface area contributed by atoms with Crippen molar-refractivity contribution in [3.8, 4) is 0 Å². The molecule has 0 atom stereocenters. The van der Waals surface area contributed by atoms with Gasteiger partial charge in [0, 0.05) is 0 Å². The van der Waals surface area contributed by atoms with Crippen LogP contribution in [0, 0.1) is 0 Å². The molecule has 51 heavy (non-hydrogen) atoms. The van der Waals surface area contributed by atoms with E-state index in [1.807, 2.05) is 182 Å². The molecule has 0 N–H and O–H groups in total. The molecule has 6 aromatic carbocycles. The Hall–Kier alpha value is -4.92. The number of rotatable bonds is 12. The normalized spacial score (nSPS) is 13.8. The van der Waals surface area contributed by atoms with Gasteiger partial charge in [-0.2, -0.15) is 0 Å². The third-order valence-corrected chi connectivity index (χ3v) is 64.8. The van der Waals surface area contributed by atoms with Gasteiger partial charge in [0.2, 0.25) is 0 Å². The molecule has 0 saturated heterocycles. The summed E-state index contributed by atoms with van der Waals surface area (Å²) >= 11 is -8.05. The van der Waals surface area contributed by atoms with Gasteiger partial charge in [0.1, 0.15) is 0 Å². The Morgan fingerprint density at radius 2 is 0.569 bits per heavy atom. The van der Waals surface area contributed by atoms with Crippen LogP contribution in [0.1, 0.15) is 13.8 Å². The van der Waals surface area contributed by atoms with Crippen molar-refractivity contribution in [2.75, 3.05) is 0 Å². The van der Waals surface area contributed by atoms with Gasteiger partial charge in [-0.3, -0.25) is 0 Å². The summed E-state index contributed by atoms with van der Waals surface area (Å²) in [7, 11) is 0. The van der Waals surface area contributed by atoms with Gasteiger partial charge < -0.3 is 0 Å². The van der Waals surface area contributed by atoms with E-state index in [4.69, 9.17) is 7.13 Å². The van der Waals surface area contributed by atoms with Crippen molar-refractivity contribution < 1.29 is 38.5 Å². The second kappa shape index (κ2) is 13.7. The number of carbonyl (C=O) groups is 4. The Kier molecular flexibility index (Phi) is 9.61. The average Bonchev–Trinajstić information content (AvgIpc) is 3.18. The van der Waals surface area contributed by atoms with Crippen LogP contribution in [0.3, 0.4) is 0 Å². The Bertz CT molecular complexity index is 1830. The Balaban J connectivity index is 2.19. The Morgan fingerprint density at radius 1 is 0.392 bits per heavy atom. The third-order valence-electron chi connectivity index (χ3n) is 9.27. The zero-order valence-electron chi connectivity index (χ0n) is 28.3. The molecular formula is C42H40O6P2Ru. The first-order valence-corrected chi connectivity index (χ1v) is 28.7. The SMILES string of the molecule is CC(=O)[O][Ru]([CH]=O)([CH]=O)([O]C(C)=O)([PH](c1ccccc1)(c1ccccc1)c1ccccc1)[PH](c1ccccc1)(c1ccccc1)c1ccccc1. The van der Waals surface area contributed by atoms with Crippen LogP contribution in [-0.4, -0.2) is 21.7 Å². The van der Waals surface area contributed by atoms with Crippen LogP contribution in [0.25, 0.3) is 0 Å². The van der Waals surface area contributed by atoms with Crippen LogP contribution >= 0.6 is 11.2 Å². The second-order valence-corrected chi connectivity index (χ2v) is 46.2. The van der Waals surface area contributed by atoms with Crippen LogP contribution < -0.4 is 31.8 Å². The number of benzene rings is 6. The van der Waals surface area contributed by atoms with Gasteiger partial charge in [-0.15, -0.1) is 0 Å². The van der Waals surface area contributed by atoms with Crippen molar-refractivity contribution in [2.24, 2.45) is 0 Å². The van der Waals surface area contributed by atoms with Gasteiger partial charge in [0.25, 0.3) is 0 Å². The van der Waals surface area contributed by atoms with E-state index in [1.54, 1.807) is 0 Å². The van der Waals surface area contributed by atoms with Gasteiger partial charge in [-0.1, -0.05) is 0 Å². The van der Waals surface area contributed by atoms with Crippen LogP contribution in [0.2, 0.25) is 0 Å². The van der Waals surface area contributed by atoms with Crippen molar-refractivity contribution >= 4 is 64.7 Å². The summed E-state index contributed by atoms with van der Waals surface area (Å²) in [4.78, 5) is 61.7. The van der Waals surface area contributed by atoms with E-state index in [-0.39, 0.29) is 0 Å². The first kappa shape index (κ1) is 35.9. The minimum atomic E-state index is -8.05. The van der Waals surface area contributed by atoms with Crippen LogP contribution in [0.5, 0.6) is 0 Å². The van der Waals surface area contributed by atoms with Crippen molar-refractivity contribution in [1.82, 2.24) is 0 Å². The summed E-state index contributed by atoms with van der Waals surface area (Å²) < 4.78 is 14.3. The van der Waals surface area contributed by atoms with E-state index in [1.165, 1.54) is 13.8 Å². The molecule has 6 rings (SSSR count). The zero-order valence-corrected chi connectivity index (χ0v) is 32.0. The van der Waals surface area contributed by atoms with Gasteiger partial charge >= 0.3 is 299 Å². The quantitative estimate of drug-likeness (QED) is 0.0880. The molecule has 0 saturated carbocycles. The number of hydrogen-bond donors (Lipinski definition) is 0. The molecule has 0 spiro atoms. The fraction of sp³-hybridized carbons (Fsp3) is 0.0476. The molecule has 0 aliphatic carbocycles. The molecule has 9 heteroatoms. The Labute approximate surface area is 297 Å². The summed E-state index contributed by atoms with van der Waals surface area (Å²) in [6.07, 6.45) is 0. The number of carbonyl (C=O) groups excluding carboxylic acids is 4. The van der Waals surface area contributed by atoms with Gasteiger partial charge in [-0.25, -0.2) is 0 Å². The van der Waals surface area contributed by atoms with E-state index in [0.717, 1.165) is 0 Å².